The van der Waals surface area contributed by atoms with Gasteiger partial charge in [0.25, 0.3) is 5.91 Å². The van der Waals surface area contributed by atoms with E-state index in [4.69, 9.17) is 11.6 Å². The first-order valence-corrected chi connectivity index (χ1v) is 12.4. The van der Waals surface area contributed by atoms with Gasteiger partial charge in [-0.3, -0.25) is 4.79 Å². The van der Waals surface area contributed by atoms with E-state index < -0.39 is 0 Å². The van der Waals surface area contributed by atoms with Crippen LogP contribution in [0.4, 0.5) is 10.5 Å². The molecule has 5 rings (SSSR count). The molecule has 1 aromatic heterocycles. The molecule has 0 atom stereocenters. The monoisotopic (exact) mass is 528 g/mol. The number of amides is 3. The molecule has 1 spiro atoms. The van der Waals surface area contributed by atoms with E-state index in [2.05, 4.69) is 21.2 Å². The summed E-state index contributed by atoms with van der Waals surface area (Å²) in [6.07, 6.45) is 2.78. The predicted molar refractivity (Wildman–Crippen MR) is 135 cm³/mol. The summed E-state index contributed by atoms with van der Waals surface area (Å²) >= 11 is 9.64. The molecule has 0 unspecified atom stereocenters. The summed E-state index contributed by atoms with van der Waals surface area (Å²) in [4.78, 5) is 29.9. The van der Waals surface area contributed by atoms with Crippen molar-refractivity contribution in [2.75, 3.05) is 31.5 Å². The Labute approximate surface area is 206 Å². The third kappa shape index (κ3) is 4.24. The van der Waals surface area contributed by atoms with Crippen LogP contribution in [0.25, 0.3) is 10.9 Å². The molecule has 3 heterocycles. The SMILES string of the molecule is Cn1c(C(=O)N2CCC3(CCN(C(=O)Nc4ccc(Br)cc4Cl)C3)CC2)cc2ccccc21. The highest BCUT2D eigenvalue weighted by Gasteiger charge is 2.43. The van der Waals surface area contributed by atoms with Gasteiger partial charge in [-0.05, 0) is 55.0 Å². The molecule has 33 heavy (non-hydrogen) atoms. The molecular weight excluding hydrogens is 504 g/mol. The minimum Gasteiger partial charge on any atom is -0.340 e. The number of nitrogens with one attached hydrogen (secondary N) is 1. The zero-order chi connectivity index (χ0) is 23.2. The number of likely N-dealkylation sites (tertiary alicyclic amines) is 2. The zero-order valence-electron chi connectivity index (χ0n) is 18.5. The van der Waals surface area contributed by atoms with Crippen LogP contribution in [0.3, 0.4) is 0 Å². The fraction of sp³-hybridized carbons (Fsp3) is 0.360. The average Bonchev–Trinajstić information content (AvgIpc) is 3.37. The molecule has 0 saturated carbocycles. The number of hydrogen-bond donors (Lipinski definition) is 1. The second-order valence-corrected chi connectivity index (χ2v) is 10.5. The third-order valence-electron chi connectivity index (χ3n) is 7.18. The normalized spacial score (nSPS) is 17.7. The fourth-order valence-electron chi connectivity index (χ4n) is 5.14. The van der Waals surface area contributed by atoms with Gasteiger partial charge in [-0.2, -0.15) is 0 Å². The summed E-state index contributed by atoms with van der Waals surface area (Å²) in [5.74, 6) is 0.0843. The molecule has 3 aromatic rings. The van der Waals surface area contributed by atoms with Gasteiger partial charge in [0.1, 0.15) is 5.69 Å². The standard InChI is InChI=1S/C25H26BrClN4O2/c1-29-21-5-3-2-4-17(21)14-22(29)23(32)30-11-8-25(9-12-30)10-13-31(16-25)24(33)28-20-7-6-18(26)15-19(20)27/h2-7,14-15H,8-13,16H2,1H3,(H,28,33). The molecule has 2 aromatic carbocycles. The number of carbonyl (C=O) groups is 2. The molecule has 8 heteroatoms. The van der Waals surface area contributed by atoms with Crippen molar-refractivity contribution in [3.63, 3.8) is 0 Å². The van der Waals surface area contributed by atoms with Crippen LogP contribution in [0.15, 0.2) is 53.0 Å². The quantitative estimate of drug-likeness (QED) is 0.459. The van der Waals surface area contributed by atoms with Gasteiger partial charge in [-0.25, -0.2) is 4.79 Å². The van der Waals surface area contributed by atoms with Crippen molar-refractivity contribution >= 4 is 56.1 Å². The highest BCUT2D eigenvalue weighted by Crippen LogP contribution is 2.41. The largest absolute Gasteiger partial charge is 0.340 e. The number of aromatic nitrogens is 1. The molecule has 1 N–H and O–H groups in total. The van der Waals surface area contributed by atoms with Gasteiger partial charge in [0.05, 0.1) is 10.7 Å². The number of nitrogens with zero attached hydrogens (tertiary/aromatic N) is 3. The number of para-hydroxylation sites is 1. The maximum absolute atomic E-state index is 13.2. The van der Waals surface area contributed by atoms with Crippen molar-refractivity contribution in [1.82, 2.24) is 14.4 Å². The Morgan fingerprint density at radius 3 is 2.39 bits per heavy atom. The van der Waals surface area contributed by atoms with Crippen LogP contribution in [0, 0.1) is 5.41 Å². The number of rotatable bonds is 2. The molecule has 0 radical (unpaired) electrons. The molecule has 0 aliphatic carbocycles. The second kappa shape index (κ2) is 8.69. The van der Waals surface area contributed by atoms with E-state index in [9.17, 15) is 9.59 Å². The molecule has 2 aliphatic heterocycles. The van der Waals surface area contributed by atoms with E-state index in [1.807, 2.05) is 57.8 Å². The number of halogens is 2. The van der Waals surface area contributed by atoms with Gasteiger partial charge in [-0.15, -0.1) is 0 Å². The van der Waals surface area contributed by atoms with Gasteiger partial charge in [0, 0.05) is 48.6 Å². The minimum absolute atomic E-state index is 0.0799. The van der Waals surface area contributed by atoms with E-state index in [0.29, 0.717) is 30.3 Å². The smallest absolute Gasteiger partial charge is 0.321 e. The maximum Gasteiger partial charge on any atom is 0.321 e. The van der Waals surface area contributed by atoms with E-state index in [1.54, 1.807) is 12.1 Å². The Kier molecular flexibility index (Phi) is 5.87. The van der Waals surface area contributed by atoms with E-state index in [0.717, 1.165) is 46.9 Å². The molecule has 2 fully saturated rings. The summed E-state index contributed by atoms with van der Waals surface area (Å²) in [7, 11) is 1.95. The number of fused-ring (bicyclic) bond motifs is 1. The van der Waals surface area contributed by atoms with Crippen LogP contribution in [-0.2, 0) is 7.05 Å². The lowest BCUT2D eigenvalue weighted by molar-refractivity contribution is 0.0586. The second-order valence-electron chi connectivity index (χ2n) is 9.17. The number of benzene rings is 2. The number of urea groups is 1. The first-order valence-electron chi connectivity index (χ1n) is 11.2. The molecule has 172 valence electrons. The van der Waals surface area contributed by atoms with Crippen molar-refractivity contribution < 1.29 is 9.59 Å². The molecular formula is C25H26BrClN4O2. The van der Waals surface area contributed by atoms with E-state index in [-0.39, 0.29) is 17.4 Å². The topological polar surface area (TPSA) is 57.6 Å². The molecule has 0 bridgehead atoms. The van der Waals surface area contributed by atoms with Gasteiger partial charge >= 0.3 is 6.03 Å². The van der Waals surface area contributed by atoms with Crippen LogP contribution in [0.2, 0.25) is 5.02 Å². The summed E-state index contributed by atoms with van der Waals surface area (Å²) in [6, 6.07) is 15.4. The highest BCUT2D eigenvalue weighted by molar-refractivity contribution is 9.10. The average molecular weight is 530 g/mol. The summed E-state index contributed by atoms with van der Waals surface area (Å²) in [6.45, 7) is 2.86. The Balaban J connectivity index is 1.21. The van der Waals surface area contributed by atoms with Gasteiger partial charge in [-0.1, -0.05) is 45.7 Å². The lowest BCUT2D eigenvalue weighted by Gasteiger charge is -2.39. The summed E-state index contributed by atoms with van der Waals surface area (Å²) < 4.78 is 2.85. The van der Waals surface area contributed by atoms with Crippen LogP contribution >= 0.6 is 27.5 Å². The molecule has 6 nitrogen and oxygen atoms in total. The van der Waals surface area contributed by atoms with E-state index >= 15 is 0 Å². The van der Waals surface area contributed by atoms with Crippen LogP contribution in [-0.4, -0.2) is 52.5 Å². The maximum atomic E-state index is 13.2. The van der Waals surface area contributed by atoms with Crippen molar-refractivity contribution in [2.45, 2.75) is 19.3 Å². The number of anilines is 1. The Bertz CT molecular complexity index is 1230. The Morgan fingerprint density at radius 2 is 1.70 bits per heavy atom. The number of hydrogen-bond acceptors (Lipinski definition) is 2. The predicted octanol–water partition coefficient (Wildman–Crippen LogP) is 5.75. The number of carbonyl (C=O) groups excluding carboxylic acids is 2. The van der Waals surface area contributed by atoms with Crippen LogP contribution in [0.1, 0.15) is 29.8 Å². The highest BCUT2D eigenvalue weighted by atomic mass is 79.9. The zero-order valence-corrected chi connectivity index (χ0v) is 20.8. The van der Waals surface area contributed by atoms with Crippen molar-refractivity contribution in [1.29, 1.82) is 0 Å². The number of aryl methyl sites for hydroxylation is 1. The Hall–Kier alpha value is -2.51. The molecule has 2 aliphatic rings. The van der Waals surface area contributed by atoms with Crippen molar-refractivity contribution in [2.24, 2.45) is 12.5 Å². The van der Waals surface area contributed by atoms with Crippen molar-refractivity contribution in [3.8, 4) is 0 Å². The van der Waals surface area contributed by atoms with E-state index in [1.165, 1.54) is 0 Å². The van der Waals surface area contributed by atoms with Gasteiger partial charge in [0.2, 0.25) is 0 Å². The van der Waals surface area contributed by atoms with Crippen molar-refractivity contribution in [3.05, 3.63) is 63.7 Å². The molecule has 3 amide bonds. The lowest BCUT2D eigenvalue weighted by atomic mass is 9.77. The first kappa shape index (κ1) is 22.3. The third-order valence-corrected chi connectivity index (χ3v) is 7.99. The summed E-state index contributed by atoms with van der Waals surface area (Å²) in [5.41, 5.74) is 2.49. The van der Waals surface area contributed by atoms with Gasteiger partial charge < -0.3 is 19.7 Å². The lowest BCUT2D eigenvalue weighted by Crippen LogP contribution is -2.45. The number of piperidine rings is 1. The van der Waals surface area contributed by atoms with Crippen LogP contribution < -0.4 is 5.32 Å². The first-order chi connectivity index (χ1) is 15.8. The minimum atomic E-state index is -0.120. The summed E-state index contributed by atoms with van der Waals surface area (Å²) in [5, 5.41) is 4.53. The fourth-order valence-corrected chi connectivity index (χ4v) is 5.86. The van der Waals surface area contributed by atoms with Crippen LogP contribution in [0.5, 0.6) is 0 Å². The molecule has 2 saturated heterocycles. The van der Waals surface area contributed by atoms with Gasteiger partial charge in [0.15, 0.2) is 0 Å². The Morgan fingerprint density at radius 1 is 1.00 bits per heavy atom.